The Morgan fingerprint density at radius 3 is 2.55 bits per heavy atom. The second-order valence-corrected chi connectivity index (χ2v) is 5.47. The number of carbonyl (C=O) groups is 2. The molecule has 0 saturated carbocycles. The molecule has 4 nitrogen and oxygen atoms in total. The highest BCUT2D eigenvalue weighted by molar-refractivity contribution is 7.98. The zero-order valence-electron chi connectivity index (χ0n) is 11.5. The van der Waals surface area contributed by atoms with E-state index in [0.717, 1.165) is 5.56 Å². The predicted octanol–water partition coefficient (Wildman–Crippen LogP) is 2.71. The van der Waals surface area contributed by atoms with E-state index in [0.29, 0.717) is 6.54 Å². The summed E-state index contributed by atoms with van der Waals surface area (Å²) in [5.41, 5.74) is 0.919. The largest absolute Gasteiger partial charge is 0.478 e. The fourth-order valence-electron chi connectivity index (χ4n) is 2.35. The van der Waals surface area contributed by atoms with Crippen molar-refractivity contribution in [2.45, 2.75) is 24.3 Å². The molecule has 1 heterocycles. The summed E-state index contributed by atoms with van der Waals surface area (Å²) in [5.74, 6) is -1.45. The van der Waals surface area contributed by atoms with Gasteiger partial charge < -0.3 is 10.0 Å². The Bertz CT molecular complexity index is 551. The maximum absolute atomic E-state index is 11.9. The maximum Gasteiger partial charge on any atom is 0.340 e. The molecular formula is C15H17NO3S. The number of carbonyl (C=O) groups excluding carboxylic acids is 1. The molecule has 20 heavy (non-hydrogen) atoms. The van der Waals surface area contributed by atoms with Gasteiger partial charge in [0.1, 0.15) is 5.57 Å². The highest BCUT2D eigenvalue weighted by atomic mass is 32.2. The van der Waals surface area contributed by atoms with Crippen LogP contribution in [0.4, 0.5) is 0 Å². The van der Waals surface area contributed by atoms with E-state index in [1.165, 1.54) is 11.1 Å². The fraction of sp³-hybridized carbons (Fsp3) is 0.333. The van der Waals surface area contributed by atoms with E-state index >= 15 is 0 Å². The zero-order valence-corrected chi connectivity index (χ0v) is 12.3. The number of hydrogen-bond acceptors (Lipinski definition) is 4. The van der Waals surface area contributed by atoms with Crippen molar-refractivity contribution in [1.82, 2.24) is 4.90 Å². The Balaban J connectivity index is 2.32. The first-order valence-electron chi connectivity index (χ1n) is 6.44. The average molecular weight is 291 g/mol. The van der Waals surface area contributed by atoms with Crippen LogP contribution in [0, 0.1) is 0 Å². The highest BCUT2D eigenvalue weighted by Crippen LogP contribution is 2.31. The van der Waals surface area contributed by atoms with Crippen molar-refractivity contribution in [2.24, 2.45) is 0 Å². The molecule has 1 atom stereocenters. The summed E-state index contributed by atoms with van der Waals surface area (Å²) in [4.78, 5) is 26.0. The molecule has 5 heteroatoms. The molecule has 0 fully saturated rings. The smallest absolute Gasteiger partial charge is 0.340 e. The van der Waals surface area contributed by atoms with Crippen LogP contribution < -0.4 is 0 Å². The number of thioether (sulfide) groups is 1. The van der Waals surface area contributed by atoms with Gasteiger partial charge in [-0.2, -0.15) is 0 Å². The first kappa shape index (κ1) is 14.7. The van der Waals surface area contributed by atoms with Crippen LogP contribution in [-0.2, 0) is 9.59 Å². The number of benzene rings is 1. The number of rotatable bonds is 4. The fourth-order valence-corrected chi connectivity index (χ4v) is 2.76. The predicted molar refractivity (Wildman–Crippen MR) is 78.7 cm³/mol. The molecule has 1 N–H and O–H groups in total. The maximum atomic E-state index is 11.9. The number of hydrogen-bond donors (Lipinski definition) is 1. The first-order chi connectivity index (χ1) is 9.56. The van der Waals surface area contributed by atoms with E-state index in [9.17, 15) is 9.59 Å². The summed E-state index contributed by atoms with van der Waals surface area (Å²) < 4.78 is 0. The molecule has 0 aliphatic carbocycles. The molecule has 0 saturated heterocycles. The van der Waals surface area contributed by atoms with Gasteiger partial charge in [0.05, 0.1) is 6.04 Å². The summed E-state index contributed by atoms with van der Waals surface area (Å²) in [6.45, 7) is 2.62. The number of carboxylic acids is 1. The number of nitrogens with zero attached hydrogens (tertiary/aromatic N) is 1. The highest BCUT2D eigenvalue weighted by Gasteiger charge is 2.30. The normalized spacial score (nSPS) is 18.9. The van der Waals surface area contributed by atoms with Gasteiger partial charge in [0, 0.05) is 24.1 Å². The van der Waals surface area contributed by atoms with E-state index in [-0.39, 0.29) is 23.8 Å². The molecule has 1 aromatic carbocycles. The number of aliphatic carboxylic acids is 1. The van der Waals surface area contributed by atoms with Gasteiger partial charge in [-0.3, -0.25) is 4.79 Å². The van der Waals surface area contributed by atoms with E-state index in [1.54, 1.807) is 11.8 Å². The van der Waals surface area contributed by atoms with E-state index < -0.39 is 5.97 Å². The van der Waals surface area contributed by atoms with Crippen LogP contribution in [0.3, 0.4) is 0 Å². The minimum atomic E-state index is -1.15. The molecule has 0 bridgehead atoms. The van der Waals surface area contributed by atoms with Gasteiger partial charge in [-0.15, -0.1) is 11.8 Å². The number of carboxylic acid groups (broad SMARTS) is 1. The first-order valence-corrected chi connectivity index (χ1v) is 7.67. The van der Waals surface area contributed by atoms with Crippen LogP contribution in [0.15, 0.2) is 40.9 Å². The van der Waals surface area contributed by atoms with E-state index in [2.05, 4.69) is 0 Å². The van der Waals surface area contributed by atoms with Crippen LogP contribution in [0.2, 0.25) is 0 Å². The monoisotopic (exact) mass is 291 g/mol. The lowest BCUT2D eigenvalue weighted by Crippen LogP contribution is -2.33. The van der Waals surface area contributed by atoms with Crippen molar-refractivity contribution >= 4 is 23.5 Å². The summed E-state index contributed by atoms with van der Waals surface area (Å²) in [6, 6.07) is 7.98. The van der Waals surface area contributed by atoms with Gasteiger partial charge in [0.2, 0.25) is 0 Å². The average Bonchev–Trinajstić information content (AvgIpc) is 2.46. The van der Waals surface area contributed by atoms with Crippen LogP contribution >= 0.6 is 11.8 Å². The molecule has 0 aromatic heterocycles. The number of Topliss-reactive ketones (excluding diaryl/α,β-unsaturated/α-hetero) is 1. The molecule has 1 unspecified atom stereocenters. The Labute approximate surface area is 122 Å². The molecule has 2 rings (SSSR count). The summed E-state index contributed by atoms with van der Waals surface area (Å²) in [6.07, 6.45) is 3.70. The third-order valence-electron chi connectivity index (χ3n) is 3.47. The lowest BCUT2D eigenvalue weighted by Gasteiger charge is -2.33. The van der Waals surface area contributed by atoms with E-state index in [4.69, 9.17) is 5.11 Å². The second-order valence-electron chi connectivity index (χ2n) is 4.59. The third kappa shape index (κ3) is 2.88. The Morgan fingerprint density at radius 2 is 2.05 bits per heavy atom. The Morgan fingerprint density at radius 1 is 1.40 bits per heavy atom. The van der Waals surface area contributed by atoms with Crippen LogP contribution in [-0.4, -0.2) is 34.6 Å². The lowest BCUT2D eigenvalue weighted by atomic mass is 9.93. The molecule has 1 aliphatic rings. The SMILES string of the molecule is CCN1C=C(C(=O)O)C(=O)CC1c1ccc(SC)cc1. The molecular weight excluding hydrogens is 274 g/mol. The Kier molecular flexibility index (Phi) is 4.49. The van der Waals surface area contributed by atoms with Crippen molar-refractivity contribution in [2.75, 3.05) is 12.8 Å². The quantitative estimate of drug-likeness (QED) is 0.683. The summed E-state index contributed by atoms with van der Waals surface area (Å²) >= 11 is 1.67. The van der Waals surface area contributed by atoms with Gasteiger partial charge in [-0.1, -0.05) is 12.1 Å². The van der Waals surface area contributed by atoms with Crippen LogP contribution in [0.5, 0.6) is 0 Å². The third-order valence-corrected chi connectivity index (χ3v) is 4.21. The molecule has 0 spiro atoms. The van der Waals surface area contributed by atoms with Crippen LogP contribution in [0.25, 0.3) is 0 Å². The van der Waals surface area contributed by atoms with Gasteiger partial charge in [-0.25, -0.2) is 4.79 Å². The van der Waals surface area contributed by atoms with Gasteiger partial charge in [0.25, 0.3) is 0 Å². The van der Waals surface area contributed by atoms with Gasteiger partial charge in [-0.05, 0) is 30.9 Å². The van der Waals surface area contributed by atoms with Crippen molar-refractivity contribution in [3.05, 3.63) is 41.6 Å². The van der Waals surface area contributed by atoms with Crippen molar-refractivity contribution in [3.63, 3.8) is 0 Å². The van der Waals surface area contributed by atoms with Crippen molar-refractivity contribution in [1.29, 1.82) is 0 Å². The molecule has 0 radical (unpaired) electrons. The topological polar surface area (TPSA) is 57.6 Å². The van der Waals surface area contributed by atoms with E-state index in [1.807, 2.05) is 42.3 Å². The lowest BCUT2D eigenvalue weighted by molar-refractivity contribution is -0.135. The van der Waals surface area contributed by atoms with Crippen molar-refractivity contribution < 1.29 is 14.7 Å². The standard InChI is InChI=1S/C15H17NO3S/c1-3-16-9-12(15(18)19)14(17)8-13(16)10-4-6-11(20-2)7-5-10/h4-7,9,13H,3,8H2,1-2H3,(H,18,19). The molecule has 1 aliphatic heterocycles. The molecule has 106 valence electrons. The second kappa shape index (κ2) is 6.13. The van der Waals surface area contributed by atoms with Gasteiger partial charge >= 0.3 is 5.97 Å². The van der Waals surface area contributed by atoms with Crippen LogP contribution in [0.1, 0.15) is 24.9 Å². The Hall–Kier alpha value is -1.75. The minimum absolute atomic E-state index is 0.0773. The minimum Gasteiger partial charge on any atom is -0.478 e. The van der Waals surface area contributed by atoms with Crippen molar-refractivity contribution in [3.8, 4) is 0 Å². The summed E-state index contributed by atoms with van der Waals surface area (Å²) in [5, 5.41) is 9.03. The number of ketones is 1. The van der Waals surface area contributed by atoms with Gasteiger partial charge in [0.15, 0.2) is 5.78 Å². The molecule has 0 amide bonds. The zero-order chi connectivity index (χ0) is 14.7. The summed E-state index contributed by atoms with van der Waals surface area (Å²) in [7, 11) is 0. The molecule has 1 aromatic rings.